The molecule has 9 aromatic rings. The summed E-state index contributed by atoms with van der Waals surface area (Å²) < 4.78 is 9.30. The second kappa shape index (κ2) is 15.3. The predicted octanol–water partition coefficient (Wildman–Crippen LogP) is 12.2. The molecule has 0 aliphatic carbocycles. The zero-order valence-electron chi connectivity index (χ0n) is 32.9. The van der Waals surface area contributed by atoms with Gasteiger partial charge in [-0.25, -0.2) is 15.0 Å². The van der Waals surface area contributed by atoms with E-state index in [9.17, 15) is 0 Å². The third-order valence-corrected chi connectivity index (χ3v) is 10.5. The Morgan fingerprint density at radius 2 is 1.24 bits per heavy atom. The van der Waals surface area contributed by atoms with Crippen LogP contribution >= 0.6 is 0 Å². The van der Waals surface area contributed by atoms with Crippen LogP contribution in [0.1, 0.15) is 26.3 Å². The monoisotopic (exact) mass is 945 g/mol. The fourth-order valence-corrected chi connectivity index (χ4v) is 7.58. The molecule has 7 nitrogen and oxygen atoms in total. The van der Waals surface area contributed by atoms with Crippen molar-refractivity contribution in [1.82, 2.24) is 19.5 Å². The van der Waals surface area contributed by atoms with Gasteiger partial charge in [0.2, 0.25) is 0 Å². The Bertz CT molecular complexity index is 2900. The molecule has 59 heavy (non-hydrogen) atoms. The number of anilines is 3. The van der Waals surface area contributed by atoms with Gasteiger partial charge in [0.25, 0.3) is 0 Å². The summed E-state index contributed by atoms with van der Waals surface area (Å²) in [6, 6.07) is 62.0. The number of benzene rings is 7. The Morgan fingerprint density at radius 1 is 0.610 bits per heavy atom. The van der Waals surface area contributed by atoms with Crippen molar-refractivity contribution in [1.29, 1.82) is 0 Å². The van der Waals surface area contributed by atoms with Gasteiger partial charge < -0.3 is 19.1 Å². The third kappa shape index (κ3) is 7.06. The van der Waals surface area contributed by atoms with Gasteiger partial charge in [-0.15, -0.1) is 53.0 Å². The van der Waals surface area contributed by atoms with E-state index >= 15 is 0 Å². The number of para-hydroxylation sites is 4. The molecule has 2 aromatic heterocycles. The quantitative estimate of drug-likeness (QED) is 0.148. The number of aromatic nitrogens is 4. The van der Waals surface area contributed by atoms with Gasteiger partial charge in [0.1, 0.15) is 5.82 Å². The van der Waals surface area contributed by atoms with E-state index in [0.29, 0.717) is 34.5 Å². The molecule has 10 rings (SSSR count). The van der Waals surface area contributed by atoms with E-state index in [1.54, 1.807) is 0 Å². The summed E-state index contributed by atoms with van der Waals surface area (Å²) in [6.45, 7) is 8.72. The zero-order chi connectivity index (χ0) is 39.4. The van der Waals surface area contributed by atoms with Crippen LogP contribution in [0.2, 0.25) is 0 Å². The van der Waals surface area contributed by atoms with Gasteiger partial charge in [-0.3, -0.25) is 0 Å². The topological polar surface area (TPSA) is 59.3 Å². The normalized spacial score (nSPS) is 12.5. The maximum absolute atomic E-state index is 7.11. The molecule has 3 heterocycles. The standard InChI is InChI=1S/C51H38N6O.Pt/c1-51(2,3)36-28-38(56-33-55(4)44-26-16-17-27-45(44)56)30-39(29-36)58-47-32-46-41(40-24-14-15-25-43(40)57(46)37-22-12-7-13-23-37)31-42(47)50-53-48(34-18-8-5-9-19-34)52-49(54-50)35-20-10-6-11-21-35;/h5-22,24-29,31,33H,1-4H3;/q-4;+4. The van der Waals surface area contributed by atoms with Crippen molar-refractivity contribution in [2.45, 2.75) is 26.2 Å². The molecule has 8 heteroatoms. The predicted molar refractivity (Wildman–Crippen MR) is 233 cm³/mol. The summed E-state index contributed by atoms with van der Waals surface area (Å²) in [5.74, 6) is 2.61. The first kappa shape index (κ1) is 38.0. The van der Waals surface area contributed by atoms with Crippen LogP contribution in [0.4, 0.5) is 17.1 Å². The van der Waals surface area contributed by atoms with Crippen LogP contribution in [0.5, 0.6) is 11.5 Å². The summed E-state index contributed by atoms with van der Waals surface area (Å²) in [5.41, 5.74) is 9.19. The molecule has 0 amide bonds. The van der Waals surface area contributed by atoms with Crippen LogP contribution in [0.15, 0.2) is 152 Å². The zero-order valence-corrected chi connectivity index (χ0v) is 35.2. The first-order valence-electron chi connectivity index (χ1n) is 19.3. The number of rotatable bonds is 7. The third-order valence-electron chi connectivity index (χ3n) is 10.5. The molecule has 7 aromatic carbocycles. The molecule has 0 saturated carbocycles. The Hall–Kier alpha value is -6.56. The van der Waals surface area contributed by atoms with Crippen LogP contribution in [0, 0.1) is 24.9 Å². The molecule has 1 aliphatic rings. The summed E-state index contributed by atoms with van der Waals surface area (Å²) in [5, 5.41) is 2.05. The molecule has 0 saturated heterocycles. The molecular weight excluding hydrogens is 908 g/mol. The Balaban J connectivity index is 0.00000449. The molecular formula is C51H38N6OPt. The SMILES string of the molecule is CN1[CH-]N(c2[c-]c(Oc3[c-]c4c(cc3-c3nc(-c5ccccc5)nc(-c5ccccc5)n3)c3ccccc3n4-c3[c-]cccc3)cc(C(C)(C)C)c2)c2ccccc21.[Pt+4]. The van der Waals surface area contributed by atoms with Gasteiger partial charge in [-0.05, 0) is 41.6 Å². The maximum Gasteiger partial charge on any atom is 4.00 e. The summed E-state index contributed by atoms with van der Waals surface area (Å²) in [6.07, 6.45) is 0. The van der Waals surface area contributed by atoms with E-state index in [0.717, 1.165) is 61.2 Å². The average Bonchev–Trinajstić information content (AvgIpc) is 3.77. The number of hydrogen-bond acceptors (Lipinski definition) is 6. The smallest absolute Gasteiger partial charge is 0.508 e. The van der Waals surface area contributed by atoms with Crippen molar-refractivity contribution in [3.05, 3.63) is 182 Å². The van der Waals surface area contributed by atoms with E-state index < -0.39 is 0 Å². The minimum absolute atomic E-state index is 0. The van der Waals surface area contributed by atoms with Crippen molar-refractivity contribution in [2.24, 2.45) is 0 Å². The molecule has 0 fully saturated rings. The molecule has 0 N–H and O–H groups in total. The minimum Gasteiger partial charge on any atom is -0.508 e. The second-order valence-electron chi connectivity index (χ2n) is 15.5. The summed E-state index contributed by atoms with van der Waals surface area (Å²) in [4.78, 5) is 19.6. The number of hydrogen-bond donors (Lipinski definition) is 0. The average molecular weight is 946 g/mol. The van der Waals surface area contributed by atoms with Crippen molar-refractivity contribution < 1.29 is 25.8 Å². The Labute approximate surface area is 358 Å². The number of nitrogens with zero attached hydrogens (tertiary/aromatic N) is 6. The first-order chi connectivity index (χ1) is 28.3. The van der Waals surface area contributed by atoms with Crippen LogP contribution in [0.25, 0.3) is 61.7 Å². The fraction of sp³-hybridized carbons (Fsp3) is 0.0980. The molecule has 288 valence electrons. The molecule has 1 aliphatic heterocycles. The van der Waals surface area contributed by atoms with Crippen LogP contribution in [-0.2, 0) is 26.5 Å². The second-order valence-corrected chi connectivity index (χ2v) is 15.5. The van der Waals surface area contributed by atoms with Gasteiger partial charge >= 0.3 is 21.1 Å². The van der Waals surface area contributed by atoms with Gasteiger partial charge in [0.05, 0.1) is 0 Å². The van der Waals surface area contributed by atoms with Gasteiger partial charge in [-0.2, -0.15) is 30.9 Å². The molecule has 0 spiro atoms. The van der Waals surface area contributed by atoms with Crippen LogP contribution in [-0.4, -0.2) is 26.6 Å². The molecule has 0 radical (unpaired) electrons. The van der Waals surface area contributed by atoms with Crippen molar-refractivity contribution >= 4 is 38.9 Å². The largest absolute Gasteiger partial charge is 4.00 e. The van der Waals surface area contributed by atoms with Crippen molar-refractivity contribution in [2.75, 3.05) is 16.8 Å². The van der Waals surface area contributed by atoms with Crippen molar-refractivity contribution in [3.63, 3.8) is 0 Å². The van der Waals surface area contributed by atoms with Crippen molar-refractivity contribution in [3.8, 4) is 51.3 Å². The Kier molecular flexibility index (Phi) is 9.86. The van der Waals surface area contributed by atoms with Gasteiger partial charge in [0, 0.05) is 39.5 Å². The van der Waals surface area contributed by atoms with Gasteiger partial charge in [-0.1, -0.05) is 123 Å². The summed E-state index contributed by atoms with van der Waals surface area (Å²) >= 11 is 0. The molecule has 0 atom stereocenters. The Morgan fingerprint density at radius 3 is 1.92 bits per heavy atom. The molecule has 0 bridgehead atoms. The van der Waals surface area contributed by atoms with E-state index in [1.165, 1.54) is 0 Å². The van der Waals surface area contributed by atoms with Crippen LogP contribution in [0.3, 0.4) is 0 Å². The number of fused-ring (bicyclic) bond motifs is 4. The van der Waals surface area contributed by atoms with Gasteiger partial charge in [0.15, 0.2) is 11.6 Å². The maximum atomic E-state index is 7.11. The first-order valence-corrected chi connectivity index (χ1v) is 19.3. The van der Waals surface area contributed by atoms with Crippen LogP contribution < -0.4 is 14.5 Å². The molecule has 0 unspecified atom stereocenters. The number of ether oxygens (including phenoxy) is 1. The fourth-order valence-electron chi connectivity index (χ4n) is 7.58. The van der Waals surface area contributed by atoms with E-state index in [4.69, 9.17) is 19.7 Å². The summed E-state index contributed by atoms with van der Waals surface area (Å²) in [7, 11) is 2.06. The minimum atomic E-state index is -0.192. The van der Waals surface area contributed by atoms with E-state index in [1.807, 2.05) is 78.9 Å². The van der Waals surface area contributed by atoms with E-state index in [2.05, 4.69) is 140 Å². The van der Waals surface area contributed by atoms with E-state index in [-0.39, 0.29) is 26.5 Å².